The number of rotatable bonds is 8. The molecule has 0 aromatic heterocycles. The third kappa shape index (κ3) is 5.52. The highest BCUT2D eigenvalue weighted by atomic mass is 32.2. The molecule has 0 amide bonds. The Morgan fingerprint density at radius 1 is 1.35 bits per heavy atom. The summed E-state index contributed by atoms with van der Waals surface area (Å²) < 4.78 is 27.9. The Bertz CT molecular complexity index is 366. The van der Waals surface area contributed by atoms with E-state index in [0.29, 0.717) is 31.6 Å². The second-order valence-electron chi connectivity index (χ2n) is 5.73. The van der Waals surface area contributed by atoms with E-state index in [0.717, 1.165) is 25.1 Å². The Balaban J connectivity index is 2.43. The van der Waals surface area contributed by atoms with Crippen LogP contribution in [0.3, 0.4) is 0 Å². The van der Waals surface area contributed by atoms with Gasteiger partial charge >= 0.3 is 0 Å². The lowest BCUT2D eigenvalue weighted by atomic mass is 9.98. The summed E-state index contributed by atoms with van der Waals surface area (Å²) in [4.78, 5) is 0. The van der Waals surface area contributed by atoms with E-state index < -0.39 is 10.2 Å². The number of hydrogen-bond donors (Lipinski definition) is 1. The monoisotopic (exact) mass is 323 g/mol. The van der Waals surface area contributed by atoms with Gasteiger partial charge in [-0.1, -0.05) is 13.8 Å². The van der Waals surface area contributed by atoms with Gasteiger partial charge in [-0.05, 0) is 31.6 Å². The molecule has 7 heteroatoms. The SMILES string of the molecule is CSCCN(C)S(=O)(=O)N1CCC(CNC(C)C)CC1. The van der Waals surface area contributed by atoms with E-state index >= 15 is 0 Å². The lowest BCUT2D eigenvalue weighted by molar-refractivity contribution is 0.252. The fraction of sp³-hybridized carbons (Fsp3) is 1.00. The smallest absolute Gasteiger partial charge is 0.281 e. The first kappa shape index (κ1) is 18.2. The van der Waals surface area contributed by atoms with E-state index in [1.54, 1.807) is 23.1 Å². The molecule has 0 atom stereocenters. The number of nitrogens with zero attached hydrogens (tertiary/aromatic N) is 2. The van der Waals surface area contributed by atoms with Crippen molar-refractivity contribution < 1.29 is 8.42 Å². The van der Waals surface area contributed by atoms with Gasteiger partial charge in [0.05, 0.1) is 0 Å². The third-order valence-corrected chi connectivity index (χ3v) is 6.30. The fourth-order valence-corrected chi connectivity index (χ4v) is 4.24. The van der Waals surface area contributed by atoms with E-state index in [-0.39, 0.29) is 0 Å². The Morgan fingerprint density at radius 3 is 2.45 bits per heavy atom. The molecular weight excluding hydrogens is 294 g/mol. The minimum atomic E-state index is -3.26. The number of nitrogens with one attached hydrogen (secondary N) is 1. The minimum Gasteiger partial charge on any atom is -0.314 e. The molecule has 0 aliphatic carbocycles. The third-order valence-electron chi connectivity index (χ3n) is 3.72. The second kappa shape index (κ2) is 8.58. The maximum atomic E-state index is 12.4. The molecule has 0 aromatic carbocycles. The zero-order valence-electron chi connectivity index (χ0n) is 13.1. The van der Waals surface area contributed by atoms with E-state index in [1.165, 1.54) is 4.31 Å². The molecule has 0 aromatic rings. The van der Waals surface area contributed by atoms with Crippen LogP contribution < -0.4 is 5.32 Å². The fourth-order valence-electron chi connectivity index (χ4n) is 2.28. The predicted octanol–water partition coefficient (Wildman–Crippen LogP) is 1.24. The highest BCUT2D eigenvalue weighted by Crippen LogP contribution is 2.20. The first-order valence-corrected chi connectivity index (χ1v) is 10.1. The van der Waals surface area contributed by atoms with Crippen LogP contribution >= 0.6 is 11.8 Å². The maximum Gasteiger partial charge on any atom is 0.281 e. The lowest BCUT2D eigenvalue weighted by Crippen LogP contribution is -2.47. The summed E-state index contributed by atoms with van der Waals surface area (Å²) in [6, 6.07) is 0.495. The van der Waals surface area contributed by atoms with Crippen molar-refractivity contribution in [2.45, 2.75) is 32.7 Å². The van der Waals surface area contributed by atoms with Crippen LogP contribution in [-0.2, 0) is 10.2 Å². The molecule has 1 N–H and O–H groups in total. The maximum absolute atomic E-state index is 12.4. The van der Waals surface area contributed by atoms with Crippen LogP contribution in [0.4, 0.5) is 0 Å². The van der Waals surface area contributed by atoms with Gasteiger partial charge < -0.3 is 5.32 Å². The van der Waals surface area contributed by atoms with Gasteiger partial charge in [0.25, 0.3) is 10.2 Å². The van der Waals surface area contributed by atoms with Gasteiger partial charge in [-0.25, -0.2) is 0 Å². The summed E-state index contributed by atoms with van der Waals surface area (Å²) in [6.45, 7) is 7.15. The molecule has 0 unspecified atom stereocenters. The minimum absolute atomic E-state index is 0.495. The molecule has 0 saturated carbocycles. The van der Waals surface area contributed by atoms with Gasteiger partial charge in [-0.15, -0.1) is 0 Å². The summed E-state index contributed by atoms with van der Waals surface area (Å²) in [7, 11) is -1.58. The average molecular weight is 324 g/mol. The first-order chi connectivity index (χ1) is 9.37. The zero-order chi connectivity index (χ0) is 15.2. The molecule has 1 heterocycles. The Kier molecular flexibility index (Phi) is 7.82. The summed E-state index contributed by atoms with van der Waals surface area (Å²) in [5.74, 6) is 1.44. The average Bonchev–Trinajstić information content (AvgIpc) is 2.42. The second-order valence-corrected chi connectivity index (χ2v) is 8.75. The number of thioether (sulfide) groups is 1. The van der Waals surface area contributed by atoms with Crippen LogP contribution in [0.1, 0.15) is 26.7 Å². The summed E-state index contributed by atoms with van der Waals surface area (Å²) in [5, 5.41) is 3.44. The van der Waals surface area contributed by atoms with Gasteiger partial charge in [0.1, 0.15) is 0 Å². The van der Waals surface area contributed by atoms with Crippen molar-refractivity contribution >= 4 is 22.0 Å². The van der Waals surface area contributed by atoms with Crippen LogP contribution in [0, 0.1) is 5.92 Å². The van der Waals surface area contributed by atoms with Crippen molar-refractivity contribution in [2.24, 2.45) is 5.92 Å². The van der Waals surface area contributed by atoms with E-state index in [4.69, 9.17) is 0 Å². The molecule has 5 nitrogen and oxygen atoms in total. The number of hydrogen-bond acceptors (Lipinski definition) is 4. The van der Waals surface area contributed by atoms with Gasteiger partial charge in [-0.3, -0.25) is 0 Å². The van der Waals surface area contributed by atoms with Gasteiger partial charge in [0.2, 0.25) is 0 Å². The van der Waals surface area contributed by atoms with Crippen LogP contribution in [0.2, 0.25) is 0 Å². The Hall–Kier alpha value is 0.180. The molecule has 1 fully saturated rings. The molecule has 120 valence electrons. The van der Waals surface area contributed by atoms with E-state index in [9.17, 15) is 8.42 Å². The predicted molar refractivity (Wildman–Crippen MR) is 87.4 cm³/mol. The van der Waals surface area contributed by atoms with Crippen molar-refractivity contribution in [2.75, 3.05) is 45.2 Å². The highest BCUT2D eigenvalue weighted by molar-refractivity contribution is 7.98. The molecule has 0 spiro atoms. The lowest BCUT2D eigenvalue weighted by Gasteiger charge is -2.34. The van der Waals surface area contributed by atoms with Gasteiger partial charge in [0, 0.05) is 38.5 Å². The Labute approximate surface area is 128 Å². The quantitative estimate of drug-likeness (QED) is 0.730. The van der Waals surface area contributed by atoms with Crippen LogP contribution in [0.25, 0.3) is 0 Å². The van der Waals surface area contributed by atoms with E-state index in [1.807, 2.05) is 6.26 Å². The molecule has 0 radical (unpaired) electrons. The van der Waals surface area contributed by atoms with Crippen molar-refractivity contribution in [3.8, 4) is 0 Å². The molecule has 1 rings (SSSR count). The summed E-state index contributed by atoms with van der Waals surface area (Å²) in [5.41, 5.74) is 0. The molecule has 1 aliphatic heterocycles. The van der Waals surface area contributed by atoms with Crippen LogP contribution in [0.15, 0.2) is 0 Å². The standard InChI is InChI=1S/C13H29N3O2S2/c1-12(2)14-11-13-5-7-16(8-6-13)20(17,18)15(3)9-10-19-4/h12-14H,5-11H2,1-4H3. The first-order valence-electron chi connectivity index (χ1n) is 7.31. The van der Waals surface area contributed by atoms with Gasteiger partial charge in [-0.2, -0.15) is 28.8 Å². The molecule has 0 bridgehead atoms. The molecular formula is C13H29N3O2S2. The van der Waals surface area contributed by atoms with Crippen molar-refractivity contribution in [3.05, 3.63) is 0 Å². The number of piperidine rings is 1. The van der Waals surface area contributed by atoms with Crippen LogP contribution in [0.5, 0.6) is 0 Å². The van der Waals surface area contributed by atoms with Crippen molar-refractivity contribution in [1.82, 2.24) is 13.9 Å². The van der Waals surface area contributed by atoms with Crippen molar-refractivity contribution in [1.29, 1.82) is 0 Å². The molecule has 20 heavy (non-hydrogen) atoms. The largest absolute Gasteiger partial charge is 0.314 e. The topological polar surface area (TPSA) is 52.7 Å². The van der Waals surface area contributed by atoms with E-state index in [2.05, 4.69) is 19.2 Å². The summed E-state index contributed by atoms with van der Waals surface area (Å²) in [6.07, 6.45) is 3.90. The Morgan fingerprint density at radius 2 is 1.95 bits per heavy atom. The molecule has 1 saturated heterocycles. The zero-order valence-corrected chi connectivity index (χ0v) is 14.8. The highest BCUT2D eigenvalue weighted by Gasteiger charge is 2.30. The summed E-state index contributed by atoms with van der Waals surface area (Å²) >= 11 is 1.67. The molecule has 1 aliphatic rings. The normalized spacial score (nSPS) is 19.1. The van der Waals surface area contributed by atoms with Gasteiger partial charge in [0.15, 0.2) is 0 Å². The van der Waals surface area contributed by atoms with Crippen molar-refractivity contribution in [3.63, 3.8) is 0 Å². The van der Waals surface area contributed by atoms with Crippen LogP contribution in [-0.4, -0.2) is 68.3 Å².